The zero-order valence-corrected chi connectivity index (χ0v) is 10.4. The normalized spacial score (nSPS) is 16.0. The first-order chi connectivity index (χ1) is 5.64. The molecule has 0 aliphatic carbocycles. The van der Waals surface area contributed by atoms with Crippen LogP contribution in [0.2, 0.25) is 0 Å². The molecule has 0 spiro atoms. The van der Waals surface area contributed by atoms with Gasteiger partial charge in [0.25, 0.3) is 0 Å². The quantitative estimate of drug-likeness (QED) is 0.563. The predicted molar refractivity (Wildman–Crippen MR) is 61.8 cm³/mol. The van der Waals surface area contributed by atoms with Gasteiger partial charge in [0, 0.05) is 0 Å². The Balaban J connectivity index is 4.88. The summed E-state index contributed by atoms with van der Waals surface area (Å²) in [5.74, 6) is 1.26. The van der Waals surface area contributed by atoms with Crippen molar-refractivity contribution in [1.82, 2.24) is 0 Å². The first-order valence-electron chi connectivity index (χ1n) is 5.26. The fourth-order valence-corrected chi connectivity index (χ4v) is 2.13. The smallest absolute Gasteiger partial charge is 0.0134 e. The van der Waals surface area contributed by atoms with Gasteiger partial charge in [0.2, 0.25) is 0 Å². The highest BCUT2D eigenvalue weighted by Gasteiger charge is 2.37. The Bertz CT molecular complexity index is 167. The van der Waals surface area contributed by atoms with Crippen LogP contribution in [-0.2, 0) is 0 Å². The Hall–Kier alpha value is -0.260. The molecule has 0 rings (SSSR count). The second-order valence-electron chi connectivity index (χ2n) is 6.06. The molecule has 0 amide bonds. The molecule has 0 radical (unpaired) electrons. The standard InChI is InChI=1S/C13H26/c1-9-11(12(4,5)6)13(7,8)10(2)3/h9-11H,1H2,2-8H3. The molecule has 0 aliphatic heterocycles. The summed E-state index contributed by atoms with van der Waals surface area (Å²) in [5, 5.41) is 0. The predicted octanol–water partition coefficient (Wildman–Crippen LogP) is 4.52. The molecule has 78 valence electrons. The average molecular weight is 182 g/mol. The van der Waals surface area contributed by atoms with Crippen molar-refractivity contribution in [2.75, 3.05) is 0 Å². The minimum absolute atomic E-state index is 0.315. The second kappa shape index (κ2) is 3.86. The third-order valence-electron chi connectivity index (χ3n) is 3.46. The highest BCUT2D eigenvalue weighted by Crippen LogP contribution is 2.45. The lowest BCUT2D eigenvalue weighted by atomic mass is 9.61. The molecule has 1 unspecified atom stereocenters. The van der Waals surface area contributed by atoms with Crippen LogP contribution in [0.3, 0.4) is 0 Å². The maximum Gasteiger partial charge on any atom is -0.0134 e. The van der Waals surface area contributed by atoms with Crippen molar-refractivity contribution >= 4 is 0 Å². The highest BCUT2D eigenvalue weighted by molar-refractivity contribution is 4.97. The van der Waals surface area contributed by atoms with Crippen LogP contribution in [0.15, 0.2) is 12.7 Å². The van der Waals surface area contributed by atoms with Gasteiger partial charge in [0.1, 0.15) is 0 Å². The van der Waals surface area contributed by atoms with Gasteiger partial charge in [0.05, 0.1) is 0 Å². The summed E-state index contributed by atoms with van der Waals surface area (Å²) in [6, 6.07) is 0. The van der Waals surface area contributed by atoms with Crippen LogP contribution in [0.25, 0.3) is 0 Å². The van der Waals surface area contributed by atoms with Crippen molar-refractivity contribution < 1.29 is 0 Å². The van der Waals surface area contributed by atoms with E-state index in [0.29, 0.717) is 22.7 Å². The summed E-state index contributed by atoms with van der Waals surface area (Å²) < 4.78 is 0. The lowest BCUT2D eigenvalue weighted by Crippen LogP contribution is -2.36. The lowest BCUT2D eigenvalue weighted by Gasteiger charge is -2.44. The lowest BCUT2D eigenvalue weighted by molar-refractivity contribution is 0.0829. The first kappa shape index (κ1) is 12.7. The minimum atomic E-state index is 0.315. The van der Waals surface area contributed by atoms with Crippen LogP contribution in [0.4, 0.5) is 0 Å². The van der Waals surface area contributed by atoms with Gasteiger partial charge in [-0.3, -0.25) is 0 Å². The van der Waals surface area contributed by atoms with Gasteiger partial charge in [-0.25, -0.2) is 0 Å². The van der Waals surface area contributed by atoms with Gasteiger partial charge in [-0.05, 0) is 22.7 Å². The molecule has 0 heterocycles. The van der Waals surface area contributed by atoms with Gasteiger partial charge in [0.15, 0.2) is 0 Å². The number of rotatable bonds is 3. The monoisotopic (exact) mass is 182 g/mol. The summed E-state index contributed by atoms with van der Waals surface area (Å²) >= 11 is 0. The third kappa shape index (κ3) is 2.86. The minimum Gasteiger partial charge on any atom is -0.103 e. The van der Waals surface area contributed by atoms with Crippen LogP contribution in [0, 0.1) is 22.7 Å². The zero-order valence-electron chi connectivity index (χ0n) is 10.4. The zero-order chi connectivity index (χ0) is 10.9. The van der Waals surface area contributed by atoms with Crippen LogP contribution in [-0.4, -0.2) is 0 Å². The van der Waals surface area contributed by atoms with E-state index in [9.17, 15) is 0 Å². The number of hydrogen-bond acceptors (Lipinski definition) is 0. The van der Waals surface area contributed by atoms with E-state index in [4.69, 9.17) is 0 Å². The van der Waals surface area contributed by atoms with E-state index < -0.39 is 0 Å². The van der Waals surface area contributed by atoms with Crippen molar-refractivity contribution in [2.45, 2.75) is 48.5 Å². The van der Waals surface area contributed by atoms with E-state index in [1.165, 1.54) is 0 Å². The SMILES string of the molecule is C=CC(C(C)(C)C)C(C)(C)C(C)C. The molecule has 0 aromatic heterocycles. The first-order valence-corrected chi connectivity index (χ1v) is 5.26. The molecule has 0 bridgehead atoms. The van der Waals surface area contributed by atoms with Crippen LogP contribution in [0.5, 0.6) is 0 Å². The topological polar surface area (TPSA) is 0 Å². The van der Waals surface area contributed by atoms with Crippen LogP contribution < -0.4 is 0 Å². The maximum atomic E-state index is 3.98. The van der Waals surface area contributed by atoms with E-state index in [1.54, 1.807) is 0 Å². The molecule has 0 saturated heterocycles. The van der Waals surface area contributed by atoms with Crippen molar-refractivity contribution in [3.8, 4) is 0 Å². The Morgan fingerprint density at radius 1 is 1.00 bits per heavy atom. The largest absolute Gasteiger partial charge is 0.103 e. The molecule has 0 N–H and O–H groups in total. The Morgan fingerprint density at radius 2 is 1.38 bits per heavy atom. The molecule has 13 heavy (non-hydrogen) atoms. The fourth-order valence-electron chi connectivity index (χ4n) is 2.13. The number of hydrogen-bond donors (Lipinski definition) is 0. The average Bonchev–Trinajstić information content (AvgIpc) is 1.83. The van der Waals surface area contributed by atoms with E-state index in [0.717, 1.165) is 0 Å². The maximum absolute atomic E-state index is 3.98. The molecule has 0 aromatic rings. The molecular formula is C13H26. The summed E-state index contributed by atoms with van der Waals surface area (Å²) in [7, 11) is 0. The summed E-state index contributed by atoms with van der Waals surface area (Å²) in [6.45, 7) is 20.1. The summed E-state index contributed by atoms with van der Waals surface area (Å²) in [5.41, 5.74) is 0.648. The van der Waals surface area contributed by atoms with E-state index in [1.807, 2.05) is 0 Å². The summed E-state index contributed by atoms with van der Waals surface area (Å²) in [6.07, 6.45) is 2.12. The van der Waals surface area contributed by atoms with E-state index >= 15 is 0 Å². The molecular weight excluding hydrogens is 156 g/mol. The molecule has 0 saturated carbocycles. The highest BCUT2D eigenvalue weighted by atomic mass is 14.4. The molecule has 0 aliphatic rings. The molecule has 0 aromatic carbocycles. The Kier molecular flexibility index (Phi) is 3.78. The van der Waals surface area contributed by atoms with Gasteiger partial charge in [-0.1, -0.05) is 54.5 Å². The van der Waals surface area contributed by atoms with E-state index in [-0.39, 0.29) is 0 Å². The molecule has 0 nitrogen and oxygen atoms in total. The Morgan fingerprint density at radius 3 is 1.46 bits per heavy atom. The molecule has 1 atom stereocenters. The van der Waals surface area contributed by atoms with Crippen molar-refractivity contribution in [1.29, 1.82) is 0 Å². The Labute approximate surface area is 84.4 Å². The van der Waals surface area contributed by atoms with Crippen molar-refractivity contribution in [3.05, 3.63) is 12.7 Å². The fraction of sp³-hybridized carbons (Fsp3) is 0.846. The van der Waals surface area contributed by atoms with Gasteiger partial charge >= 0.3 is 0 Å². The van der Waals surface area contributed by atoms with Crippen molar-refractivity contribution in [3.63, 3.8) is 0 Å². The van der Waals surface area contributed by atoms with Crippen molar-refractivity contribution in [2.24, 2.45) is 22.7 Å². The van der Waals surface area contributed by atoms with Crippen LogP contribution >= 0.6 is 0 Å². The number of allylic oxidation sites excluding steroid dienone is 1. The summed E-state index contributed by atoms with van der Waals surface area (Å²) in [4.78, 5) is 0. The molecule has 0 fully saturated rings. The second-order valence-corrected chi connectivity index (χ2v) is 6.06. The molecule has 0 heteroatoms. The van der Waals surface area contributed by atoms with Crippen LogP contribution in [0.1, 0.15) is 48.5 Å². The van der Waals surface area contributed by atoms with Gasteiger partial charge < -0.3 is 0 Å². The third-order valence-corrected chi connectivity index (χ3v) is 3.46. The van der Waals surface area contributed by atoms with Gasteiger partial charge in [-0.15, -0.1) is 6.58 Å². The van der Waals surface area contributed by atoms with Gasteiger partial charge in [-0.2, -0.15) is 0 Å². The van der Waals surface area contributed by atoms with E-state index in [2.05, 4.69) is 61.1 Å².